The molecule has 2 atom stereocenters. The molecule has 0 aliphatic carbocycles. The highest BCUT2D eigenvalue weighted by molar-refractivity contribution is 7.10. The predicted molar refractivity (Wildman–Crippen MR) is 136 cm³/mol. The Morgan fingerprint density at radius 2 is 1.78 bits per heavy atom. The molecule has 2 aliphatic rings. The summed E-state index contributed by atoms with van der Waals surface area (Å²) in [6.07, 6.45) is 2.31. The zero-order valence-electron chi connectivity index (χ0n) is 20.3. The van der Waals surface area contributed by atoms with E-state index in [0.29, 0.717) is 24.5 Å². The molecular weight excluding hydrogens is 498 g/mol. The van der Waals surface area contributed by atoms with Gasteiger partial charge in [0.25, 0.3) is 5.91 Å². The molecule has 0 N–H and O–H groups in total. The van der Waals surface area contributed by atoms with Crippen molar-refractivity contribution in [1.82, 2.24) is 9.80 Å². The van der Waals surface area contributed by atoms with E-state index >= 15 is 0 Å². The number of hydrogen-bond donors (Lipinski definition) is 0. The van der Waals surface area contributed by atoms with Gasteiger partial charge in [0.15, 0.2) is 0 Å². The molecule has 194 valence electrons. The van der Waals surface area contributed by atoms with Crippen molar-refractivity contribution in [2.75, 3.05) is 32.8 Å². The van der Waals surface area contributed by atoms with E-state index in [1.807, 2.05) is 11.4 Å². The summed E-state index contributed by atoms with van der Waals surface area (Å²) < 4.78 is 38.5. The molecule has 0 unspecified atom stereocenters. The van der Waals surface area contributed by atoms with Gasteiger partial charge < -0.3 is 19.3 Å². The number of fused-ring (bicyclic) bond motifs is 1. The minimum absolute atomic E-state index is 0.122. The topological polar surface area (TPSA) is 59.1 Å². The van der Waals surface area contributed by atoms with Gasteiger partial charge in [-0.1, -0.05) is 0 Å². The Bertz CT molecular complexity index is 1230. The molecule has 3 heterocycles. The highest BCUT2D eigenvalue weighted by Gasteiger charge is 2.34. The van der Waals surface area contributed by atoms with Gasteiger partial charge in [-0.3, -0.25) is 9.59 Å². The van der Waals surface area contributed by atoms with Gasteiger partial charge in [-0.05, 0) is 84.8 Å². The highest BCUT2D eigenvalue weighted by atomic mass is 32.1. The smallest absolute Gasteiger partial charge is 0.254 e. The van der Waals surface area contributed by atoms with Crippen LogP contribution in [-0.4, -0.2) is 60.6 Å². The minimum atomic E-state index is -0.429. The summed E-state index contributed by atoms with van der Waals surface area (Å²) in [5.41, 5.74) is 1.35. The van der Waals surface area contributed by atoms with Crippen LogP contribution in [0.15, 0.2) is 60.0 Å². The van der Waals surface area contributed by atoms with Gasteiger partial charge in [0, 0.05) is 30.1 Å². The van der Waals surface area contributed by atoms with Crippen molar-refractivity contribution in [1.29, 1.82) is 0 Å². The zero-order valence-corrected chi connectivity index (χ0v) is 21.1. The second-order valence-electron chi connectivity index (χ2n) is 9.24. The predicted octanol–water partition coefficient (Wildman–Crippen LogP) is 4.85. The van der Waals surface area contributed by atoms with E-state index in [-0.39, 0.29) is 49.5 Å². The fraction of sp³-hybridized carbons (Fsp3) is 0.357. The van der Waals surface area contributed by atoms with Crippen molar-refractivity contribution in [2.45, 2.75) is 31.4 Å². The Morgan fingerprint density at radius 1 is 1.05 bits per heavy atom. The van der Waals surface area contributed by atoms with Crippen molar-refractivity contribution in [3.05, 3.63) is 87.6 Å². The minimum Gasteiger partial charge on any atom is -0.491 e. The average molecular weight is 527 g/mol. The third kappa shape index (κ3) is 5.99. The third-order valence-corrected chi connectivity index (χ3v) is 7.79. The first-order valence-electron chi connectivity index (χ1n) is 12.4. The van der Waals surface area contributed by atoms with Crippen molar-refractivity contribution in [3.8, 4) is 5.75 Å². The highest BCUT2D eigenvalue weighted by Crippen LogP contribution is 2.34. The molecular formula is C28H28F2N2O4S. The number of halogens is 2. The van der Waals surface area contributed by atoms with Crippen LogP contribution in [0.1, 0.15) is 39.7 Å². The maximum atomic E-state index is 13.7. The van der Waals surface area contributed by atoms with E-state index in [4.69, 9.17) is 9.47 Å². The molecule has 9 heteroatoms. The monoisotopic (exact) mass is 526 g/mol. The molecule has 0 radical (unpaired) electrons. The fourth-order valence-electron chi connectivity index (χ4n) is 4.86. The van der Waals surface area contributed by atoms with E-state index in [1.54, 1.807) is 28.4 Å². The van der Waals surface area contributed by atoms with Gasteiger partial charge in [0.2, 0.25) is 5.91 Å². The first-order chi connectivity index (χ1) is 18.0. The Hall–Kier alpha value is -3.30. The largest absolute Gasteiger partial charge is 0.491 e. The van der Waals surface area contributed by atoms with Crippen LogP contribution in [-0.2, 0) is 16.0 Å². The number of rotatable bonds is 8. The van der Waals surface area contributed by atoms with E-state index < -0.39 is 5.82 Å². The molecule has 37 heavy (non-hydrogen) atoms. The second-order valence-corrected chi connectivity index (χ2v) is 10.2. The molecule has 1 fully saturated rings. The zero-order chi connectivity index (χ0) is 25.8. The SMILES string of the molecule is O=C(c1ccc(F)cc1)N(CC(=O)N1CCc2sccc2[C@@H]1COc1ccc(F)cc1)C[C@H]1CCCO1. The molecule has 6 nitrogen and oxygen atoms in total. The van der Waals surface area contributed by atoms with E-state index in [1.165, 1.54) is 46.2 Å². The summed E-state index contributed by atoms with van der Waals surface area (Å²) in [6, 6.07) is 12.8. The van der Waals surface area contributed by atoms with Crippen molar-refractivity contribution < 1.29 is 27.8 Å². The van der Waals surface area contributed by atoms with Gasteiger partial charge in [-0.15, -0.1) is 11.3 Å². The molecule has 0 bridgehead atoms. The van der Waals surface area contributed by atoms with E-state index in [9.17, 15) is 18.4 Å². The molecule has 2 aliphatic heterocycles. The van der Waals surface area contributed by atoms with Gasteiger partial charge in [0.1, 0.15) is 30.5 Å². The molecule has 2 aromatic carbocycles. The van der Waals surface area contributed by atoms with Crippen LogP contribution in [0.3, 0.4) is 0 Å². The van der Waals surface area contributed by atoms with Crippen LogP contribution in [0.25, 0.3) is 0 Å². The summed E-state index contributed by atoms with van der Waals surface area (Å²) in [4.78, 5) is 31.5. The van der Waals surface area contributed by atoms with Crippen LogP contribution < -0.4 is 4.74 Å². The second kappa shape index (κ2) is 11.4. The number of hydrogen-bond acceptors (Lipinski definition) is 5. The summed E-state index contributed by atoms with van der Waals surface area (Å²) in [5.74, 6) is -0.793. The molecule has 1 saturated heterocycles. The van der Waals surface area contributed by atoms with E-state index in [0.717, 1.165) is 24.8 Å². The normalized spacial score (nSPS) is 18.9. The molecule has 1 aromatic heterocycles. The average Bonchev–Trinajstić information content (AvgIpc) is 3.60. The maximum absolute atomic E-state index is 13.7. The number of benzene rings is 2. The molecule has 5 rings (SSSR count). The van der Waals surface area contributed by atoms with Gasteiger partial charge in [-0.25, -0.2) is 8.78 Å². The van der Waals surface area contributed by atoms with Crippen LogP contribution >= 0.6 is 11.3 Å². The van der Waals surface area contributed by atoms with Crippen molar-refractivity contribution in [3.63, 3.8) is 0 Å². The summed E-state index contributed by atoms with van der Waals surface area (Å²) in [5, 5.41) is 2.01. The standard InChI is InChI=1S/C28H28F2N2O4S/c29-20-5-3-19(4-6-20)28(34)31(16-23-2-1-14-35-23)17-27(33)32-13-11-26-24(12-15-37-26)25(32)18-36-22-9-7-21(30)8-10-22/h3-10,12,15,23,25H,1-2,11,13-14,16-18H2/t23-,25+/m1/s1. The number of thiophene rings is 1. The Balaban J connectivity index is 1.34. The van der Waals surface area contributed by atoms with Crippen LogP contribution in [0.5, 0.6) is 5.75 Å². The lowest BCUT2D eigenvalue weighted by molar-refractivity contribution is -0.135. The fourth-order valence-corrected chi connectivity index (χ4v) is 5.79. The number of amides is 2. The van der Waals surface area contributed by atoms with Crippen LogP contribution in [0.4, 0.5) is 8.78 Å². The first-order valence-corrected chi connectivity index (χ1v) is 13.3. The summed E-state index contributed by atoms with van der Waals surface area (Å²) in [6.45, 7) is 1.51. The lowest BCUT2D eigenvalue weighted by atomic mass is 10.00. The van der Waals surface area contributed by atoms with Crippen molar-refractivity contribution >= 4 is 23.2 Å². The molecule has 3 aromatic rings. The third-order valence-electron chi connectivity index (χ3n) is 6.79. The van der Waals surface area contributed by atoms with Gasteiger partial charge in [0.05, 0.1) is 12.1 Å². The van der Waals surface area contributed by atoms with E-state index in [2.05, 4.69) is 0 Å². The molecule has 0 spiro atoms. The molecule has 0 saturated carbocycles. The Morgan fingerprint density at radius 3 is 2.49 bits per heavy atom. The number of ether oxygens (including phenoxy) is 2. The first kappa shape index (κ1) is 25.4. The quantitative estimate of drug-likeness (QED) is 0.421. The van der Waals surface area contributed by atoms with Gasteiger partial charge >= 0.3 is 0 Å². The number of nitrogens with zero attached hydrogens (tertiary/aromatic N) is 2. The maximum Gasteiger partial charge on any atom is 0.254 e. The Labute approximate surface area is 218 Å². The number of carbonyl (C=O) groups excluding carboxylic acids is 2. The summed E-state index contributed by atoms with van der Waals surface area (Å²) >= 11 is 1.65. The lowest BCUT2D eigenvalue weighted by Gasteiger charge is -2.37. The Kier molecular flexibility index (Phi) is 7.81. The van der Waals surface area contributed by atoms with Gasteiger partial charge in [-0.2, -0.15) is 0 Å². The lowest BCUT2D eigenvalue weighted by Crippen LogP contribution is -2.49. The van der Waals surface area contributed by atoms with Crippen LogP contribution in [0, 0.1) is 11.6 Å². The van der Waals surface area contributed by atoms with Crippen molar-refractivity contribution in [2.24, 2.45) is 0 Å². The summed E-state index contributed by atoms with van der Waals surface area (Å²) in [7, 11) is 0. The van der Waals surface area contributed by atoms with Crippen LogP contribution in [0.2, 0.25) is 0 Å². The number of carbonyl (C=O) groups is 2. The molecule has 2 amide bonds.